The molecule has 19 heavy (non-hydrogen) atoms. The van der Waals surface area contributed by atoms with Gasteiger partial charge in [0, 0.05) is 28.9 Å². The van der Waals surface area contributed by atoms with E-state index in [2.05, 4.69) is 39.1 Å². The molecule has 1 saturated carbocycles. The van der Waals surface area contributed by atoms with Gasteiger partial charge in [-0.3, -0.25) is 0 Å². The molecule has 0 amide bonds. The molecule has 0 spiro atoms. The van der Waals surface area contributed by atoms with Gasteiger partial charge in [-0.05, 0) is 43.2 Å². The Labute approximate surface area is 121 Å². The molecule has 1 aromatic rings. The second kappa shape index (κ2) is 6.38. The van der Waals surface area contributed by atoms with Gasteiger partial charge in [0.05, 0.1) is 6.61 Å². The Bertz CT molecular complexity index is 401. The van der Waals surface area contributed by atoms with Crippen molar-refractivity contribution in [3.05, 3.63) is 21.4 Å². The lowest BCUT2D eigenvalue weighted by Crippen LogP contribution is -2.14. The largest absolute Gasteiger partial charge is 0.377 e. The van der Waals surface area contributed by atoms with Gasteiger partial charge in [0.15, 0.2) is 0 Å². The Morgan fingerprint density at radius 2 is 2.11 bits per heavy atom. The Morgan fingerprint density at radius 1 is 1.37 bits per heavy atom. The molecule has 1 fully saturated rings. The van der Waals surface area contributed by atoms with Gasteiger partial charge >= 0.3 is 0 Å². The quantitative estimate of drug-likeness (QED) is 0.754. The van der Waals surface area contributed by atoms with E-state index in [1.54, 1.807) is 0 Å². The van der Waals surface area contributed by atoms with Crippen LogP contribution in [-0.4, -0.2) is 12.6 Å². The summed E-state index contributed by atoms with van der Waals surface area (Å²) in [5.74, 6) is 0. The summed E-state index contributed by atoms with van der Waals surface area (Å²) < 4.78 is 5.81. The molecule has 1 N–H and O–H groups in total. The standard InChI is InChI=1S/C16H27NOS/c1-12-13(11-18-8-7-16(2,3)4)9-15(19-12)10-17-14-5-6-14/h9,14,17H,5-8,10-11H2,1-4H3. The maximum Gasteiger partial charge on any atom is 0.0727 e. The predicted octanol–water partition coefficient (Wildman–Crippen LogP) is 4.26. The fourth-order valence-corrected chi connectivity index (χ4v) is 2.91. The topological polar surface area (TPSA) is 21.3 Å². The van der Waals surface area contributed by atoms with Crippen LogP contribution < -0.4 is 5.32 Å². The van der Waals surface area contributed by atoms with Crippen LogP contribution in [0.4, 0.5) is 0 Å². The molecule has 0 aliphatic heterocycles. The van der Waals surface area contributed by atoms with Gasteiger partial charge in [-0.15, -0.1) is 11.3 Å². The highest BCUT2D eigenvalue weighted by atomic mass is 32.1. The van der Waals surface area contributed by atoms with Crippen molar-refractivity contribution in [3.8, 4) is 0 Å². The molecule has 2 rings (SSSR count). The summed E-state index contributed by atoms with van der Waals surface area (Å²) in [4.78, 5) is 2.85. The van der Waals surface area contributed by atoms with E-state index in [4.69, 9.17) is 4.74 Å². The zero-order valence-electron chi connectivity index (χ0n) is 12.7. The Hall–Kier alpha value is -0.380. The number of aryl methyl sites for hydroxylation is 1. The fourth-order valence-electron chi connectivity index (χ4n) is 1.91. The fraction of sp³-hybridized carbons (Fsp3) is 0.750. The molecule has 0 unspecified atom stereocenters. The van der Waals surface area contributed by atoms with Gasteiger partial charge in [0.1, 0.15) is 0 Å². The van der Waals surface area contributed by atoms with Gasteiger partial charge in [-0.2, -0.15) is 0 Å². The molecule has 3 heteroatoms. The van der Waals surface area contributed by atoms with Crippen molar-refractivity contribution in [2.24, 2.45) is 5.41 Å². The maximum absolute atomic E-state index is 5.81. The zero-order valence-corrected chi connectivity index (χ0v) is 13.5. The van der Waals surface area contributed by atoms with E-state index < -0.39 is 0 Å². The highest BCUT2D eigenvalue weighted by Gasteiger charge is 2.20. The molecule has 1 heterocycles. The molecule has 108 valence electrons. The number of thiophene rings is 1. The normalized spacial score (nSPS) is 16.0. The summed E-state index contributed by atoms with van der Waals surface area (Å²) in [6.07, 6.45) is 3.83. The van der Waals surface area contributed by atoms with Crippen molar-refractivity contribution in [3.63, 3.8) is 0 Å². The Morgan fingerprint density at radius 3 is 2.74 bits per heavy atom. The van der Waals surface area contributed by atoms with Crippen LogP contribution in [0.3, 0.4) is 0 Å². The summed E-state index contributed by atoms with van der Waals surface area (Å²) >= 11 is 1.91. The van der Waals surface area contributed by atoms with Crippen LogP contribution >= 0.6 is 11.3 Å². The third-order valence-corrected chi connectivity index (χ3v) is 4.56. The summed E-state index contributed by atoms with van der Waals surface area (Å²) in [5.41, 5.74) is 1.73. The second-order valence-corrected chi connectivity index (χ2v) is 8.15. The number of hydrogen-bond donors (Lipinski definition) is 1. The third kappa shape index (κ3) is 5.64. The van der Waals surface area contributed by atoms with Crippen molar-refractivity contribution in [1.82, 2.24) is 5.32 Å². The number of rotatable bonds is 7. The lowest BCUT2D eigenvalue weighted by atomic mass is 9.93. The molecular weight excluding hydrogens is 254 g/mol. The summed E-state index contributed by atoms with van der Waals surface area (Å²) in [6, 6.07) is 3.10. The first-order valence-corrected chi connectivity index (χ1v) is 8.15. The van der Waals surface area contributed by atoms with Gasteiger partial charge in [-0.25, -0.2) is 0 Å². The molecule has 2 nitrogen and oxygen atoms in total. The molecule has 1 aromatic heterocycles. The van der Waals surface area contributed by atoms with Crippen LogP contribution in [0.25, 0.3) is 0 Å². The molecule has 0 atom stereocenters. The molecule has 1 aliphatic carbocycles. The van der Waals surface area contributed by atoms with E-state index in [0.717, 1.165) is 32.2 Å². The Balaban J connectivity index is 1.73. The highest BCUT2D eigenvalue weighted by Crippen LogP contribution is 2.25. The molecule has 0 aromatic carbocycles. The van der Waals surface area contributed by atoms with E-state index in [0.29, 0.717) is 5.41 Å². The van der Waals surface area contributed by atoms with Gasteiger partial charge in [0.2, 0.25) is 0 Å². The first-order valence-electron chi connectivity index (χ1n) is 7.33. The predicted molar refractivity (Wildman–Crippen MR) is 82.6 cm³/mol. The smallest absolute Gasteiger partial charge is 0.0727 e. The molecule has 0 radical (unpaired) electrons. The summed E-state index contributed by atoms with van der Waals surface area (Å²) in [7, 11) is 0. The van der Waals surface area contributed by atoms with E-state index >= 15 is 0 Å². The van der Waals surface area contributed by atoms with Crippen LogP contribution in [0, 0.1) is 12.3 Å². The lowest BCUT2D eigenvalue weighted by Gasteiger charge is -2.17. The van der Waals surface area contributed by atoms with Crippen molar-refractivity contribution in [1.29, 1.82) is 0 Å². The van der Waals surface area contributed by atoms with Crippen LogP contribution in [0.2, 0.25) is 0 Å². The van der Waals surface area contributed by atoms with E-state index in [1.807, 2.05) is 11.3 Å². The highest BCUT2D eigenvalue weighted by molar-refractivity contribution is 7.12. The van der Waals surface area contributed by atoms with Crippen molar-refractivity contribution >= 4 is 11.3 Å². The summed E-state index contributed by atoms with van der Waals surface area (Å²) in [6.45, 7) is 11.6. The van der Waals surface area contributed by atoms with Gasteiger partial charge in [-0.1, -0.05) is 20.8 Å². The molecule has 0 bridgehead atoms. The van der Waals surface area contributed by atoms with Crippen molar-refractivity contribution < 1.29 is 4.74 Å². The third-order valence-electron chi connectivity index (χ3n) is 3.47. The number of ether oxygens (including phenoxy) is 1. The maximum atomic E-state index is 5.81. The minimum atomic E-state index is 0.364. The van der Waals surface area contributed by atoms with Crippen LogP contribution in [0.1, 0.15) is 55.4 Å². The number of hydrogen-bond acceptors (Lipinski definition) is 3. The van der Waals surface area contributed by atoms with Crippen molar-refractivity contribution in [2.45, 2.75) is 66.2 Å². The molecule has 0 saturated heterocycles. The zero-order chi connectivity index (χ0) is 13.9. The first kappa shape index (κ1) is 15.0. The monoisotopic (exact) mass is 281 g/mol. The lowest BCUT2D eigenvalue weighted by molar-refractivity contribution is 0.0961. The van der Waals surface area contributed by atoms with Crippen LogP contribution in [-0.2, 0) is 17.9 Å². The summed E-state index contributed by atoms with van der Waals surface area (Å²) in [5, 5.41) is 3.57. The second-order valence-electron chi connectivity index (χ2n) is 6.81. The minimum absolute atomic E-state index is 0.364. The van der Waals surface area contributed by atoms with Crippen LogP contribution in [0.5, 0.6) is 0 Å². The van der Waals surface area contributed by atoms with E-state index in [9.17, 15) is 0 Å². The van der Waals surface area contributed by atoms with Crippen LogP contribution in [0.15, 0.2) is 6.07 Å². The minimum Gasteiger partial charge on any atom is -0.377 e. The molecule has 1 aliphatic rings. The number of nitrogens with one attached hydrogen (secondary N) is 1. The van der Waals surface area contributed by atoms with Gasteiger partial charge < -0.3 is 10.1 Å². The first-order chi connectivity index (χ1) is 8.94. The SMILES string of the molecule is Cc1sc(CNC2CC2)cc1COCCC(C)(C)C. The van der Waals surface area contributed by atoms with E-state index in [-0.39, 0.29) is 0 Å². The average molecular weight is 281 g/mol. The van der Waals surface area contributed by atoms with Crippen molar-refractivity contribution in [2.75, 3.05) is 6.61 Å². The Kier molecular flexibility index (Phi) is 5.04. The van der Waals surface area contributed by atoms with E-state index in [1.165, 1.54) is 28.2 Å². The molecular formula is C16H27NOS. The van der Waals surface area contributed by atoms with Gasteiger partial charge in [0.25, 0.3) is 0 Å². The average Bonchev–Trinajstić information content (AvgIpc) is 3.06.